The third-order valence-electron chi connectivity index (χ3n) is 2.95. The van der Waals surface area contributed by atoms with E-state index in [0.717, 1.165) is 0 Å². The summed E-state index contributed by atoms with van der Waals surface area (Å²) < 4.78 is 26.2. The van der Waals surface area contributed by atoms with E-state index in [1.54, 1.807) is 6.07 Å². The summed E-state index contributed by atoms with van der Waals surface area (Å²) in [4.78, 5) is 13.0. The Hall–Kier alpha value is -1.89. The molecule has 0 unspecified atom stereocenters. The van der Waals surface area contributed by atoms with Gasteiger partial charge in [-0.3, -0.25) is 10.2 Å². The first kappa shape index (κ1) is 12.6. The Kier molecular flexibility index (Phi) is 3.08. The summed E-state index contributed by atoms with van der Waals surface area (Å²) in [6.45, 7) is -0.0960. The number of hydrogen-bond acceptors (Lipinski definition) is 4. The number of alkyl halides is 2. The Labute approximate surface area is 103 Å². The van der Waals surface area contributed by atoms with E-state index in [1.807, 2.05) is 5.43 Å². The zero-order valence-electron chi connectivity index (χ0n) is 9.62. The number of amides is 1. The van der Waals surface area contributed by atoms with E-state index < -0.39 is 11.8 Å². The average Bonchev–Trinajstić information content (AvgIpc) is 2.69. The number of carbonyl (C=O) groups excluding carboxylic acids is 1. The van der Waals surface area contributed by atoms with Gasteiger partial charge in [-0.25, -0.2) is 14.6 Å². The number of nitrogens with one attached hydrogen (secondary N) is 1. The standard InChI is InChI=1S/C11H14F2N4O/c12-11(13)3-4-17(6-11)7-1-2-9(14)8(5-7)10(18)16-15/h1-2,5H,3-4,6,14-15H2,(H,16,18). The Bertz CT molecular complexity index is 478. The molecule has 0 spiro atoms. The van der Waals surface area contributed by atoms with Gasteiger partial charge in [0, 0.05) is 24.3 Å². The largest absolute Gasteiger partial charge is 0.398 e. The Morgan fingerprint density at radius 1 is 1.44 bits per heavy atom. The molecule has 1 aliphatic rings. The van der Waals surface area contributed by atoms with Crippen LogP contribution in [0.2, 0.25) is 0 Å². The molecule has 5 N–H and O–H groups in total. The number of hydrogen-bond donors (Lipinski definition) is 3. The number of anilines is 2. The van der Waals surface area contributed by atoms with Crippen LogP contribution in [0.15, 0.2) is 18.2 Å². The van der Waals surface area contributed by atoms with Crippen molar-refractivity contribution >= 4 is 17.3 Å². The van der Waals surface area contributed by atoms with Crippen LogP contribution in [0, 0.1) is 0 Å². The Morgan fingerprint density at radius 2 is 2.17 bits per heavy atom. The van der Waals surface area contributed by atoms with Crippen molar-refractivity contribution in [2.24, 2.45) is 5.84 Å². The first-order chi connectivity index (χ1) is 8.43. The smallest absolute Gasteiger partial charge is 0.267 e. The van der Waals surface area contributed by atoms with Crippen LogP contribution in [0.1, 0.15) is 16.8 Å². The molecule has 98 valence electrons. The van der Waals surface area contributed by atoms with Crippen molar-refractivity contribution in [1.29, 1.82) is 0 Å². The number of nitrogen functional groups attached to an aromatic ring is 2. The molecule has 1 amide bonds. The lowest BCUT2D eigenvalue weighted by Gasteiger charge is -2.19. The molecule has 7 heteroatoms. The molecule has 0 saturated carbocycles. The lowest BCUT2D eigenvalue weighted by molar-refractivity contribution is 0.0257. The monoisotopic (exact) mass is 256 g/mol. The highest BCUT2D eigenvalue weighted by molar-refractivity contribution is 5.99. The Balaban J connectivity index is 2.28. The highest BCUT2D eigenvalue weighted by atomic mass is 19.3. The minimum absolute atomic E-state index is 0.185. The van der Waals surface area contributed by atoms with E-state index in [2.05, 4.69) is 0 Å². The topological polar surface area (TPSA) is 84.4 Å². The van der Waals surface area contributed by atoms with Crippen LogP contribution in [0.3, 0.4) is 0 Å². The van der Waals surface area contributed by atoms with Gasteiger partial charge in [0.1, 0.15) is 0 Å². The molecule has 0 atom stereocenters. The van der Waals surface area contributed by atoms with E-state index in [0.29, 0.717) is 5.69 Å². The van der Waals surface area contributed by atoms with Gasteiger partial charge in [-0.1, -0.05) is 0 Å². The van der Waals surface area contributed by atoms with E-state index >= 15 is 0 Å². The van der Waals surface area contributed by atoms with E-state index in [9.17, 15) is 13.6 Å². The van der Waals surface area contributed by atoms with Gasteiger partial charge in [-0.05, 0) is 18.2 Å². The molecule has 1 saturated heterocycles. The number of carbonyl (C=O) groups is 1. The minimum atomic E-state index is -2.68. The molecule has 0 aromatic heterocycles. The van der Waals surface area contributed by atoms with Gasteiger partial charge in [0.05, 0.1) is 12.1 Å². The number of halogens is 2. The van der Waals surface area contributed by atoms with Crippen molar-refractivity contribution in [1.82, 2.24) is 5.43 Å². The molecule has 2 rings (SSSR count). The molecule has 0 radical (unpaired) electrons. The van der Waals surface area contributed by atoms with Crippen LogP contribution in [-0.4, -0.2) is 24.9 Å². The second-order valence-electron chi connectivity index (χ2n) is 4.27. The maximum atomic E-state index is 13.1. The van der Waals surface area contributed by atoms with Gasteiger partial charge >= 0.3 is 0 Å². The molecular weight excluding hydrogens is 242 g/mol. The molecular formula is C11H14F2N4O. The fourth-order valence-electron chi connectivity index (χ4n) is 1.97. The van der Waals surface area contributed by atoms with Crippen molar-refractivity contribution in [3.05, 3.63) is 23.8 Å². The highest BCUT2D eigenvalue weighted by Crippen LogP contribution is 2.32. The first-order valence-corrected chi connectivity index (χ1v) is 5.46. The van der Waals surface area contributed by atoms with E-state index in [4.69, 9.17) is 11.6 Å². The van der Waals surface area contributed by atoms with Crippen molar-refractivity contribution in [2.45, 2.75) is 12.3 Å². The predicted octanol–water partition coefficient (Wildman–Crippen LogP) is 0.718. The van der Waals surface area contributed by atoms with Crippen LogP contribution >= 0.6 is 0 Å². The summed E-state index contributed by atoms with van der Waals surface area (Å²) in [5, 5.41) is 0. The van der Waals surface area contributed by atoms with Gasteiger partial charge in [0.25, 0.3) is 11.8 Å². The van der Waals surface area contributed by atoms with Crippen molar-refractivity contribution < 1.29 is 13.6 Å². The van der Waals surface area contributed by atoms with E-state index in [1.165, 1.54) is 17.0 Å². The molecule has 0 aliphatic carbocycles. The number of nitrogens with zero attached hydrogens (tertiary/aromatic N) is 1. The van der Waals surface area contributed by atoms with Crippen molar-refractivity contribution in [3.8, 4) is 0 Å². The summed E-state index contributed by atoms with van der Waals surface area (Å²) >= 11 is 0. The number of hydrazine groups is 1. The zero-order chi connectivity index (χ0) is 13.3. The molecule has 1 fully saturated rings. The maximum Gasteiger partial charge on any atom is 0.267 e. The second-order valence-corrected chi connectivity index (χ2v) is 4.27. The van der Waals surface area contributed by atoms with Gasteiger partial charge in [-0.2, -0.15) is 0 Å². The molecule has 18 heavy (non-hydrogen) atoms. The summed E-state index contributed by atoms with van der Waals surface area (Å²) in [5.74, 6) is 1.81. The minimum Gasteiger partial charge on any atom is -0.398 e. The Morgan fingerprint density at radius 3 is 2.72 bits per heavy atom. The molecule has 1 heterocycles. The van der Waals surface area contributed by atoms with Crippen LogP contribution in [0.4, 0.5) is 20.2 Å². The average molecular weight is 256 g/mol. The predicted molar refractivity (Wildman–Crippen MR) is 64.3 cm³/mol. The normalized spacial score (nSPS) is 17.8. The number of nitrogens with two attached hydrogens (primary N) is 2. The quantitative estimate of drug-likeness (QED) is 0.315. The SMILES string of the molecule is NNC(=O)c1cc(N2CCC(F)(F)C2)ccc1N. The lowest BCUT2D eigenvalue weighted by Crippen LogP contribution is -2.31. The molecule has 5 nitrogen and oxygen atoms in total. The summed E-state index contributed by atoms with van der Waals surface area (Å²) in [7, 11) is 0. The van der Waals surface area contributed by atoms with Crippen LogP contribution in [0.25, 0.3) is 0 Å². The summed E-state index contributed by atoms with van der Waals surface area (Å²) in [5.41, 5.74) is 8.59. The summed E-state index contributed by atoms with van der Waals surface area (Å²) in [6, 6.07) is 4.60. The molecule has 1 aliphatic heterocycles. The highest BCUT2D eigenvalue weighted by Gasteiger charge is 2.38. The second kappa shape index (κ2) is 4.41. The van der Waals surface area contributed by atoms with Crippen LogP contribution in [0.5, 0.6) is 0 Å². The molecule has 1 aromatic rings. The van der Waals surface area contributed by atoms with Crippen molar-refractivity contribution in [2.75, 3.05) is 23.7 Å². The fraction of sp³-hybridized carbons (Fsp3) is 0.364. The number of benzene rings is 1. The van der Waals surface area contributed by atoms with Gasteiger partial charge < -0.3 is 10.6 Å². The van der Waals surface area contributed by atoms with Crippen LogP contribution in [-0.2, 0) is 0 Å². The van der Waals surface area contributed by atoms with Gasteiger partial charge in [0.2, 0.25) is 0 Å². The molecule has 1 aromatic carbocycles. The number of rotatable bonds is 2. The fourth-order valence-corrected chi connectivity index (χ4v) is 1.97. The third kappa shape index (κ3) is 2.35. The lowest BCUT2D eigenvalue weighted by atomic mass is 10.1. The third-order valence-corrected chi connectivity index (χ3v) is 2.95. The zero-order valence-corrected chi connectivity index (χ0v) is 9.62. The first-order valence-electron chi connectivity index (χ1n) is 5.46. The van der Waals surface area contributed by atoms with Gasteiger partial charge in [0.15, 0.2) is 0 Å². The molecule has 0 bridgehead atoms. The van der Waals surface area contributed by atoms with E-state index in [-0.39, 0.29) is 30.8 Å². The van der Waals surface area contributed by atoms with Gasteiger partial charge in [-0.15, -0.1) is 0 Å². The summed E-state index contributed by atoms with van der Waals surface area (Å²) in [6.07, 6.45) is -0.185. The van der Waals surface area contributed by atoms with Crippen molar-refractivity contribution in [3.63, 3.8) is 0 Å². The van der Waals surface area contributed by atoms with Crippen LogP contribution < -0.4 is 21.9 Å². The maximum absolute atomic E-state index is 13.1.